The first kappa shape index (κ1) is 18.7. The van der Waals surface area contributed by atoms with Gasteiger partial charge in [0.05, 0.1) is 0 Å². The van der Waals surface area contributed by atoms with Gasteiger partial charge in [-0.05, 0) is 71.8 Å². The lowest BCUT2D eigenvalue weighted by atomic mass is 10.0. The van der Waals surface area contributed by atoms with E-state index in [9.17, 15) is 4.39 Å². The molecule has 3 aromatic rings. The van der Waals surface area contributed by atoms with Crippen molar-refractivity contribution in [2.45, 2.75) is 26.2 Å². The summed E-state index contributed by atoms with van der Waals surface area (Å²) in [5.74, 6) is 6.25. The minimum absolute atomic E-state index is 0.143. The third kappa shape index (κ3) is 4.96. The first-order valence-electron chi connectivity index (χ1n) is 9.30. The van der Waals surface area contributed by atoms with Crippen LogP contribution in [0.5, 0.6) is 0 Å². The predicted molar refractivity (Wildman–Crippen MR) is 112 cm³/mol. The van der Waals surface area contributed by atoms with Crippen molar-refractivity contribution in [1.82, 2.24) is 0 Å². The average molecular weight is 354 g/mol. The van der Waals surface area contributed by atoms with Crippen LogP contribution in [0.3, 0.4) is 0 Å². The number of halogens is 1. The summed E-state index contributed by atoms with van der Waals surface area (Å²) in [6, 6.07) is 21.7. The van der Waals surface area contributed by atoms with Crippen molar-refractivity contribution in [3.8, 4) is 23.0 Å². The number of rotatable bonds is 5. The molecule has 0 unspecified atom stereocenters. The highest BCUT2D eigenvalue weighted by molar-refractivity contribution is 5.65. The number of aryl methyl sites for hydroxylation is 2. The predicted octanol–water partition coefficient (Wildman–Crippen LogP) is 6.57. The maximum Gasteiger partial charge on any atom is 0.127 e. The molecule has 0 saturated carbocycles. The van der Waals surface area contributed by atoms with Gasteiger partial charge in [-0.1, -0.05) is 61.2 Å². The molecule has 0 radical (unpaired) electrons. The number of allylic oxidation sites excluding steroid dienone is 1. The maximum atomic E-state index is 14.0. The standard InChI is InChI=1S/C26H23F/c1-3-5-6-20-7-9-21(10-8-20)11-12-22-13-15-24(16-14-22)25-18-17-23(4-2)26(27)19-25/h3,7-10,13-19H,1,4-6H2,2H3. The molecule has 0 N–H and O–H groups in total. The van der Waals surface area contributed by atoms with Crippen LogP contribution in [0.4, 0.5) is 4.39 Å². The van der Waals surface area contributed by atoms with Crippen LogP contribution in [0.2, 0.25) is 0 Å². The summed E-state index contributed by atoms with van der Waals surface area (Å²) in [6.07, 6.45) is 4.64. The van der Waals surface area contributed by atoms with E-state index >= 15 is 0 Å². The smallest absolute Gasteiger partial charge is 0.127 e. The summed E-state index contributed by atoms with van der Waals surface area (Å²) >= 11 is 0. The van der Waals surface area contributed by atoms with E-state index in [4.69, 9.17) is 0 Å². The molecule has 3 rings (SSSR count). The quantitative estimate of drug-likeness (QED) is 0.359. The normalized spacial score (nSPS) is 10.1. The van der Waals surface area contributed by atoms with Crippen LogP contribution < -0.4 is 0 Å². The van der Waals surface area contributed by atoms with Gasteiger partial charge >= 0.3 is 0 Å². The third-order valence-electron chi connectivity index (χ3n) is 4.59. The summed E-state index contributed by atoms with van der Waals surface area (Å²) < 4.78 is 14.0. The zero-order valence-corrected chi connectivity index (χ0v) is 15.6. The van der Waals surface area contributed by atoms with Gasteiger partial charge in [-0.2, -0.15) is 0 Å². The summed E-state index contributed by atoms with van der Waals surface area (Å²) in [5.41, 5.74) is 5.87. The van der Waals surface area contributed by atoms with Crippen LogP contribution in [0.1, 0.15) is 35.6 Å². The molecule has 1 heteroatoms. The number of hydrogen-bond donors (Lipinski definition) is 0. The Balaban J connectivity index is 1.72. The highest BCUT2D eigenvalue weighted by Gasteiger charge is 2.03. The van der Waals surface area contributed by atoms with Crippen molar-refractivity contribution in [2.75, 3.05) is 0 Å². The Morgan fingerprint density at radius 3 is 2.00 bits per heavy atom. The molecule has 3 aromatic carbocycles. The topological polar surface area (TPSA) is 0 Å². The van der Waals surface area contributed by atoms with E-state index in [1.165, 1.54) is 5.56 Å². The van der Waals surface area contributed by atoms with Crippen LogP contribution in [-0.4, -0.2) is 0 Å². The van der Waals surface area contributed by atoms with E-state index in [1.54, 1.807) is 6.07 Å². The summed E-state index contributed by atoms with van der Waals surface area (Å²) in [5, 5.41) is 0. The lowest BCUT2D eigenvalue weighted by Gasteiger charge is -2.05. The fraction of sp³-hybridized carbons (Fsp3) is 0.154. The van der Waals surface area contributed by atoms with E-state index in [0.717, 1.165) is 40.7 Å². The van der Waals surface area contributed by atoms with Gasteiger partial charge in [0.2, 0.25) is 0 Å². The van der Waals surface area contributed by atoms with E-state index in [1.807, 2.05) is 49.4 Å². The fourth-order valence-corrected chi connectivity index (χ4v) is 2.93. The molecule has 0 aliphatic rings. The average Bonchev–Trinajstić information content (AvgIpc) is 2.72. The molecule has 0 amide bonds. The molecular formula is C26H23F. The lowest BCUT2D eigenvalue weighted by Crippen LogP contribution is -1.88. The second kappa shape index (κ2) is 9.01. The molecule has 0 heterocycles. The molecule has 0 spiro atoms. The molecular weight excluding hydrogens is 331 g/mol. The number of benzene rings is 3. The van der Waals surface area contributed by atoms with Crippen molar-refractivity contribution < 1.29 is 4.39 Å². The van der Waals surface area contributed by atoms with Crippen molar-refractivity contribution in [3.05, 3.63) is 107 Å². The van der Waals surface area contributed by atoms with Gasteiger partial charge in [0.1, 0.15) is 5.82 Å². The zero-order chi connectivity index (χ0) is 19.1. The Kier molecular flexibility index (Phi) is 6.23. The van der Waals surface area contributed by atoms with E-state index in [-0.39, 0.29) is 5.82 Å². The molecule has 0 saturated heterocycles. The summed E-state index contributed by atoms with van der Waals surface area (Å²) in [7, 11) is 0. The van der Waals surface area contributed by atoms with E-state index in [2.05, 4.69) is 42.7 Å². The molecule has 0 bridgehead atoms. The van der Waals surface area contributed by atoms with Gasteiger partial charge < -0.3 is 0 Å². The Morgan fingerprint density at radius 2 is 1.44 bits per heavy atom. The second-order valence-electron chi connectivity index (χ2n) is 6.51. The van der Waals surface area contributed by atoms with Crippen LogP contribution in [0.15, 0.2) is 79.4 Å². The molecule has 0 atom stereocenters. The van der Waals surface area contributed by atoms with Gasteiger partial charge in [-0.3, -0.25) is 0 Å². The minimum Gasteiger partial charge on any atom is -0.207 e. The van der Waals surface area contributed by atoms with Gasteiger partial charge in [-0.15, -0.1) is 6.58 Å². The largest absolute Gasteiger partial charge is 0.207 e. The molecule has 0 fully saturated rings. The Labute approximate surface area is 161 Å². The third-order valence-corrected chi connectivity index (χ3v) is 4.59. The zero-order valence-electron chi connectivity index (χ0n) is 15.6. The highest BCUT2D eigenvalue weighted by atomic mass is 19.1. The van der Waals surface area contributed by atoms with Crippen molar-refractivity contribution in [1.29, 1.82) is 0 Å². The van der Waals surface area contributed by atoms with Gasteiger partial charge in [0, 0.05) is 11.1 Å². The molecule has 0 aromatic heterocycles. The molecule has 0 aliphatic heterocycles. The van der Waals surface area contributed by atoms with Crippen molar-refractivity contribution in [2.24, 2.45) is 0 Å². The Hall–Kier alpha value is -3.11. The molecule has 27 heavy (non-hydrogen) atoms. The van der Waals surface area contributed by atoms with Crippen LogP contribution >= 0.6 is 0 Å². The number of hydrogen-bond acceptors (Lipinski definition) is 0. The van der Waals surface area contributed by atoms with Gasteiger partial charge in [0.15, 0.2) is 0 Å². The lowest BCUT2D eigenvalue weighted by molar-refractivity contribution is 0.613. The first-order valence-corrected chi connectivity index (χ1v) is 9.30. The van der Waals surface area contributed by atoms with Gasteiger partial charge in [-0.25, -0.2) is 4.39 Å². The summed E-state index contributed by atoms with van der Waals surface area (Å²) in [6.45, 7) is 5.71. The fourth-order valence-electron chi connectivity index (χ4n) is 2.93. The van der Waals surface area contributed by atoms with Crippen LogP contribution in [0, 0.1) is 17.7 Å². The maximum absolute atomic E-state index is 14.0. The van der Waals surface area contributed by atoms with Crippen molar-refractivity contribution >= 4 is 0 Å². The Bertz CT molecular complexity index is 967. The van der Waals surface area contributed by atoms with E-state index in [0.29, 0.717) is 6.42 Å². The summed E-state index contributed by atoms with van der Waals surface area (Å²) in [4.78, 5) is 0. The van der Waals surface area contributed by atoms with Crippen LogP contribution in [-0.2, 0) is 12.8 Å². The highest BCUT2D eigenvalue weighted by Crippen LogP contribution is 2.22. The van der Waals surface area contributed by atoms with Gasteiger partial charge in [0.25, 0.3) is 0 Å². The molecule has 0 aliphatic carbocycles. The monoisotopic (exact) mass is 354 g/mol. The first-order chi connectivity index (χ1) is 13.2. The molecule has 0 nitrogen and oxygen atoms in total. The SMILES string of the molecule is C=CCCc1ccc(C#Cc2ccc(-c3ccc(CC)c(F)c3)cc2)cc1. The second-order valence-corrected chi connectivity index (χ2v) is 6.51. The van der Waals surface area contributed by atoms with Crippen LogP contribution in [0.25, 0.3) is 11.1 Å². The Morgan fingerprint density at radius 1 is 0.852 bits per heavy atom. The van der Waals surface area contributed by atoms with E-state index < -0.39 is 0 Å². The minimum atomic E-state index is -0.143. The molecule has 134 valence electrons. The van der Waals surface area contributed by atoms with Crippen molar-refractivity contribution in [3.63, 3.8) is 0 Å².